The lowest BCUT2D eigenvalue weighted by Gasteiger charge is -2.33. The maximum atomic E-state index is 11.5. The Morgan fingerprint density at radius 3 is 2.89 bits per heavy atom. The molecule has 1 aliphatic carbocycles. The first-order valence-electron chi connectivity index (χ1n) is 6.76. The minimum absolute atomic E-state index is 0.0587. The fraction of sp³-hybridized carbons (Fsp3) is 0.533. The van der Waals surface area contributed by atoms with E-state index in [-0.39, 0.29) is 19.1 Å². The van der Waals surface area contributed by atoms with Crippen LogP contribution in [0.5, 0.6) is 0 Å². The minimum Gasteiger partial charge on any atom is -0.388 e. The Morgan fingerprint density at radius 2 is 2.16 bits per heavy atom. The maximum absolute atomic E-state index is 11.5. The van der Waals surface area contributed by atoms with Crippen LogP contribution in [0.15, 0.2) is 24.3 Å². The van der Waals surface area contributed by atoms with E-state index in [2.05, 4.69) is 11.4 Å². The number of aryl methyl sites for hydroxylation is 1. The van der Waals surface area contributed by atoms with Crippen LogP contribution in [0, 0.1) is 0 Å². The molecule has 4 heteroatoms. The molecule has 0 spiro atoms. The highest BCUT2D eigenvalue weighted by Gasteiger charge is 2.32. The van der Waals surface area contributed by atoms with E-state index >= 15 is 0 Å². The zero-order valence-electron chi connectivity index (χ0n) is 11.3. The first-order chi connectivity index (χ1) is 9.13. The van der Waals surface area contributed by atoms with Crippen LogP contribution in [0.2, 0.25) is 0 Å². The summed E-state index contributed by atoms with van der Waals surface area (Å²) in [6.45, 7) is 2.71. The van der Waals surface area contributed by atoms with Crippen molar-refractivity contribution in [2.45, 2.75) is 31.8 Å². The SMILES string of the molecule is CCOCC(=O)NC[C@@]1(O)CCc2ccccc2C1. The van der Waals surface area contributed by atoms with E-state index in [0.29, 0.717) is 19.4 Å². The predicted molar refractivity (Wildman–Crippen MR) is 72.9 cm³/mol. The van der Waals surface area contributed by atoms with Gasteiger partial charge in [-0.25, -0.2) is 0 Å². The van der Waals surface area contributed by atoms with Crippen molar-refractivity contribution in [3.8, 4) is 0 Å². The van der Waals surface area contributed by atoms with Gasteiger partial charge in [0.1, 0.15) is 6.61 Å². The van der Waals surface area contributed by atoms with Crippen LogP contribution in [0.4, 0.5) is 0 Å². The number of aliphatic hydroxyl groups is 1. The van der Waals surface area contributed by atoms with Gasteiger partial charge in [0.15, 0.2) is 0 Å². The zero-order valence-corrected chi connectivity index (χ0v) is 11.3. The molecule has 104 valence electrons. The van der Waals surface area contributed by atoms with Crippen LogP contribution in [0.25, 0.3) is 0 Å². The van der Waals surface area contributed by atoms with E-state index in [0.717, 1.165) is 6.42 Å². The van der Waals surface area contributed by atoms with Gasteiger partial charge in [-0.15, -0.1) is 0 Å². The summed E-state index contributed by atoms with van der Waals surface area (Å²) >= 11 is 0. The lowest BCUT2D eigenvalue weighted by molar-refractivity contribution is -0.126. The zero-order chi connectivity index (χ0) is 13.7. The molecule has 0 saturated heterocycles. The summed E-state index contributed by atoms with van der Waals surface area (Å²) in [5.41, 5.74) is 1.64. The van der Waals surface area contributed by atoms with Crippen molar-refractivity contribution in [3.05, 3.63) is 35.4 Å². The van der Waals surface area contributed by atoms with Crippen molar-refractivity contribution in [3.63, 3.8) is 0 Å². The molecule has 0 saturated carbocycles. The van der Waals surface area contributed by atoms with E-state index < -0.39 is 5.60 Å². The number of hydrogen-bond acceptors (Lipinski definition) is 3. The molecule has 0 fully saturated rings. The molecule has 0 radical (unpaired) electrons. The highest BCUT2D eigenvalue weighted by atomic mass is 16.5. The molecular formula is C15H21NO3. The van der Waals surface area contributed by atoms with Crippen molar-refractivity contribution < 1.29 is 14.6 Å². The number of nitrogens with one attached hydrogen (secondary N) is 1. The number of benzene rings is 1. The summed E-state index contributed by atoms with van der Waals surface area (Å²) in [6, 6.07) is 8.15. The topological polar surface area (TPSA) is 58.6 Å². The highest BCUT2D eigenvalue weighted by molar-refractivity contribution is 5.77. The average molecular weight is 263 g/mol. The number of carbonyl (C=O) groups excluding carboxylic acids is 1. The van der Waals surface area contributed by atoms with Crippen LogP contribution in [-0.2, 0) is 22.4 Å². The molecule has 1 aliphatic rings. The van der Waals surface area contributed by atoms with Crippen molar-refractivity contribution in [2.75, 3.05) is 19.8 Å². The van der Waals surface area contributed by atoms with E-state index in [9.17, 15) is 9.90 Å². The van der Waals surface area contributed by atoms with Gasteiger partial charge in [0.25, 0.3) is 0 Å². The third-order valence-electron chi connectivity index (χ3n) is 3.55. The number of amides is 1. The van der Waals surface area contributed by atoms with Gasteiger partial charge in [-0.05, 0) is 30.9 Å². The summed E-state index contributed by atoms with van der Waals surface area (Å²) < 4.78 is 5.03. The molecule has 1 aromatic rings. The second-order valence-corrected chi connectivity index (χ2v) is 5.08. The first kappa shape index (κ1) is 14.0. The highest BCUT2D eigenvalue weighted by Crippen LogP contribution is 2.28. The summed E-state index contributed by atoms with van der Waals surface area (Å²) in [5.74, 6) is -0.172. The van der Waals surface area contributed by atoms with Crippen molar-refractivity contribution in [2.24, 2.45) is 0 Å². The first-order valence-corrected chi connectivity index (χ1v) is 6.76. The number of carbonyl (C=O) groups is 1. The largest absolute Gasteiger partial charge is 0.388 e. The normalized spacial score (nSPS) is 21.8. The molecule has 2 rings (SSSR count). The van der Waals surface area contributed by atoms with Crippen LogP contribution in [0.3, 0.4) is 0 Å². The number of fused-ring (bicyclic) bond motifs is 1. The fourth-order valence-electron chi connectivity index (χ4n) is 2.44. The number of ether oxygens (including phenoxy) is 1. The lowest BCUT2D eigenvalue weighted by atomic mass is 9.80. The van der Waals surface area contributed by atoms with Gasteiger partial charge in [-0.1, -0.05) is 24.3 Å². The molecule has 0 unspecified atom stereocenters. The van der Waals surface area contributed by atoms with Crippen LogP contribution < -0.4 is 5.32 Å². The Bertz CT molecular complexity index is 447. The summed E-state index contributed by atoms with van der Waals surface area (Å²) in [4.78, 5) is 11.5. The Morgan fingerprint density at radius 1 is 1.42 bits per heavy atom. The maximum Gasteiger partial charge on any atom is 0.246 e. The van der Waals surface area contributed by atoms with Gasteiger partial charge in [0.05, 0.1) is 5.60 Å². The van der Waals surface area contributed by atoms with Gasteiger partial charge in [0, 0.05) is 19.6 Å². The average Bonchev–Trinajstić information content (AvgIpc) is 2.43. The van der Waals surface area contributed by atoms with E-state index in [1.807, 2.05) is 25.1 Å². The predicted octanol–water partition coefficient (Wildman–Crippen LogP) is 1.06. The van der Waals surface area contributed by atoms with Crippen molar-refractivity contribution in [1.29, 1.82) is 0 Å². The van der Waals surface area contributed by atoms with Gasteiger partial charge in [0.2, 0.25) is 5.91 Å². The minimum atomic E-state index is -0.837. The second-order valence-electron chi connectivity index (χ2n) is 5.08. The van der Waals surface area contributed by atoms with Gasteiger partial charge < -0.3 is 15.2 Å². The molecule has 0 heterocycles. The van der Waals surface area contributed by atoms with E-state index in [4.69, 9.17) is 4.74 Å². The Hall–Kier alpha value is -1.39. The summed E-state index contributed by atoms with van der Waals surface area (Å²) in [5, 5.41) is 13.3. The quantitative estimate of drug-likeness (QED) is 0.835. The molecular weight excluding hydrogens is 242 g/mol. The second kappa shape index (κ2) is 6.17. The molecule has 1 aromatic carbocycles. The molecule has 2 N–H and O–H groups in total. The van der Waals surface area contributed by atoms with Crippen LogP contribution in [-0.4, -0.2) is 36.4 Å². The molecule has 19 heavy (non-hydrogen) atoms. The number of hydrogen-bond donors (Lipinski definition) is 2. The van der Waals surface area contributed by atoms with Gasteiger partial charge in [-0.3, -0.25) is 4.79 Å². The monoisotopic (exact) mass is 263 g/mol. The van der Waals surface area contributed by atoms with Crippen molar-refractivity contribution in [1.82, 2.24) is 5.32 Å². The van der Waals surface area contributed by atoms with Gasteiger partial charge >= 0.3 is 0 Å². The third kappa shape index (κ3) is 3.78. The van der Waals surface area contributed by atoms with E-state index in [1.165, 1.54) is 11.1 Å². The van der Waals surface area contributed by atoms with Gasteiger partial charge in [-0.2, -0.15) is 0 Å². The lowest BCUT2D eigenvalue weighted by Crippen LogP contribution is -2.47. The molecule has 0 aromatic heterocycles. The van der Waals surface area contributed by atoms with E-state index in [1.54, 1.807) is 0 Å². The van der Waals surface area contributed by atoms with Crippen LogP contribution >= 0.6 is 0 Å². The van der Waals surface area contributed by atoms with Crippen LogP contribution in [0.1, 0.15) is 24.5 Å². The molecule has 1 atom stereocenters. The molecule has 1 amide bonds. The fourth-order valence-corrected chi connectivity index (χ4v) is 2.44. The van der Waals surface area contributed by atoms with Crippen molar-refractivity contribution >= 4 is 5.91 Å². The molecule has 0 aliphatic heterocycles. The smallest absolute Gasteiger partial charge is 0.246 e. The summed E-state index contributed by atoms with van der Waals surface area (Å²) in [6.07, 6.45) is 2.13. The Labute approximate surface area is 113 Å². The Kier molecular flexibility index (Phi) is 4.56. The summed E-state index contributed by atoms with van der Waals surface area (Å²) in [7, 11) is 0. The molecule has 0 bridgehead atoms. The number of rotatable bonds is 5. The molecule has 4 nitrogen and oxygen atoms in total. The Balaban J connectivity index is 1.89. The standard InChI is InChI=1S/C15H21NO3/c1-2-19-10-14(17)16-11-15(18)8-7-12-5-3-4-6-13(12)9-15/h3-6,18H,2,7-11H2,1H3,(H,16,17)/t15-/m1/s1. The third-order valence-corrected chi connectivity index (χ3v) is 3.55.